The quantitative estimate of drug-likeness (QED) is 0.439. The number of hydrogen-bond donors (Lipinski definition) is 1. The topological polar surface area (TPSA) is 60.5 Å². The lowest BCUT2D eigenvalue weighted by Gasteiger charge is -2.11. The Morgan fingerprint density at radius 3 is 2.68 bits per heavy atom. The van der Waals surface area contributed by atoms with Gasteiger partial charge >= 0.3 is 0 Å². The number of thioether (sulfide) groups is 1. The third-order valence-corrected chi connectivity index (χ3v) is 6.50. The van der Waals surface area contributed by atoms with Crippen molar-refractivity contribution in [1.82, 2.24) is 4.98 Å². The van der Waals surface area contributed by atoms with Gasteiger partial charge in [0.15, 0.2) is 0 Å². The molecular weight excluding hydrogens is 460 g/mol. The first-order valence-corrected chi connectivity index (χ1v) is 11.1. The summed E-state index contributed by atoms with van der Waals surface area (Å²) in [5.74, 6) is 1.92. The Kier molecular flexibility index (Phi) is 7.36. The highest BCUT2D eigenvalue weighted by atomic mass is 79.9. The number of aromatic nitrogens is 1. The second kappa shape index (κ2) is 9.95. The molecule has 1 amide bonds. The molecular formula is C20H19BrN2O3S2. The van der Waals surface area contributed by atoms with Gasteiger partial charge in [-0.15, -0.1) is 11.3 Å². The van der Waals surface area contributed by atoms with Crippen molar-refractivity contribution < 1.29 is 14.3 Å². The number of ether oxygens (including phenoxy) is 2. The number of benzene rings is 2. The normalized spacial score (nSPS) is 10.5. The van der Waals surface area contributed by atoms with Crippen molar-refractivity contribution >= 4 is 50.6 Å². The van der Waals surface area contributed by atoms with Crippen LogP contribution in [0.15, 0.2) is 56.7 Å². The molecule has 0 fully saturated rings. The molecule has 0 unspecified atom stereocenters. The summed E-state index contributed by atoms with van der Waals surface area (Å²) in [6, 6.07) is 13.5. The molecule has 0 saturated carbocycles. The molecule has 1 N–H and O–H groups in total. The molecule has 1 aromatic heterocycles. The van der Waals surface area contributed by atoms with Crippen LogP contribution in [0.25, 0.3) is 0 Å². The van der Waals surface area contributed by atoms with Crippen LogP contribution in [0.5, 0.6) is 11.5 Å². The second-order valence-corrected chi connectivity index (χ2v) is 8.81. The lowest BCUT2D eigenvalue weighted by Crippen LogP contribution is -2.15. The number of nitrogens with one attached hydrogen (secondary N) is 1. The molecule has 0 aliphatic heterocycles. The first-order chi connectivity index (χ1) is 13.6. The third kappa shape index (κ3) is 5.73. The molecule has 0 aliphatic rings. The fraction of sp³-hybridized carbons (Fsp3) is 0.200. The Morgan fingerprint density at radius 2 is 1.96 bits per heavy atom. The summed E-state index contributed by atoms with van der Waals surface area (Å²) in [7, 11) is 3.14. The molecule has 0 saturated heterocycles. The van der Waals surface area contributed by atoms with Gasteiger partial charge in [-0.05, 0) is 29.8 Å². The van der Waals surface area contributed by atoms with E-state index in [-0.39, 0.29) is 12.3 Å². The third-order valence-electron chi connectivity index (χ3n) is 3.83. The Morgan fingerprint density at radius 1 is 1.18 bits per heavy atom. The van der Waals surface area contributed by atoms with Gasteiger partial charge in [0, 0.05) is 21.7 Å². The molecule has 0 radical (unpaired) electrons. The molecule has 3 aromatic rings. The summed E-state index contributed by atoms with van der Waals surface area (Å²) < 4.78 is 12.5. The fourth-order valence-corrected chi connectivity index (χ4v) is 4.49. The van der Waals surface area contributed by atoms with Gasteiger partial charge in [0.2, 0.25) is 5.91 Å². The lowest BCUT2D eigenvalue weighted by atomic mass is 10.2. The van der Waals surface area contributed by atoms with Gasteiger partial charge in [-0.1, -0.05) is 39.8 Å². The van der Waals surface area contributed by atoms with Crippen molar-refractivity contribution in [3.05, 3.63) is 63.6 Å². The maximum atomic E-state index is 12.4. The van der Waals surface area contributed by atoms with Gasteiger partial charge in [-0.25, -0.2) is 4.98 Å². The zero-order valence-corrected chi connectivity index (χ0v) is 18.6. The molecule has 0 atom stereocenters. The van der Waals surface area contributed by atoms with E-state index in [1.807, 2.05) is 17.5 Å². The Balaban J connectivity index is 1.56. The van der Waals surface area contributed by atoms with E-state index in [4.69, 9.17) is 9.47 Å². The van der Waals surface area contributed by atoms with E-state index in [2.05, 4.69) is 38.4 Å². The smallest absolute Gasteiger partial charge is 0.230 e. The van der Waals surface area contributed by atoms with E-state index in [9.17, 15) is 4.79 Å². The van der Waals surface area contributed by atoms with E-state index < -0.39 is 0 Å². The van der Waals surface area contributed by atoms with E-state index in [1.54, 1.807) is 55.5 Å². The summed E-state index contributed by atoms with van der Waals surface area (Å²) in [6.07, 6.45) is 0.213. The molecule has 28 heavy (non-hydrogen) atoms. The van der Waals surface area contributed by atoms with Crippen LogP contribution in [-0.4, -0.2) is 25.1 Å². The Hall–Kier alpha value is -2.03. The Labute approximate surface area is 180 Å². The average Bonchev–Trinajstić information content (AvgIpc) is 3.15. The molecule has 5 nitrogen and oxygen atoms in total. The minimum Gasteiger partial charge on any atom is -0.497 e. The highest BCUT2D eigenvalue weighted by Crippen LogP contribution is 2.30. The molecule has 1 heterocycles. The maximum absolute atomic E-state index is 12.4. The highest BCUT2D eigenvalue weighted by Gasteiger charge is 2.12. The summed E-state index contributed by atoms with van der Waals surface area (Å²) in [5.41, 5.74) is 2.59. The number of amides is 1. The molecule has 3 rings (SSSR count). The SMILES string of the molecule is COc1ccc(NC(=O)Cc2csc(SCc3ccc(Br)cc3)n2)c(OC)c1. The van der Waals surface area contributed by atoms with Crippen molar-refractivity contribution in [3.8, 4) is 11.5 Å². The zero-order valence-electron chi connectivity index (χ0n) is 15.4. The summed E-state index contributed by atoms with van der Waals surface area (Å²) >= 11 is 6.66. The van der Waals surface area contributed by atoms with Crippen LogP contribution in [0, 0.1) is 0 Å². The van der Waals surface area contributed by atoms with Crippen LogP contribution < -0.4 is 14.8 Å². The predicted octanol–water partition coefficient (Wildman–Crippen LogP) is 5.40. The van der Waals surface area contributed by atoms with E-state index in [0.717, 1.165) is 20.3 Å². The van der Waals surface area contributed by atoms with Crippen molar-refractivity contribution in [2.45, 2.75) is 16.5 Å². The zero-order chi connectivity index (χ0) is 19.9. The van der Waals surface area contributed by atoms with Gasteiger partial charge in [0.25, 0.3) is 0 Å². The monoisotopic (exact) mass is 478 g/mol. The molecule has 0 bridgehead atoms. The number of carbonyl (C=O) groups is 1. The van der Waals surface area contributed by atoms with Gasteiger partial charge in [0.05, 0.1) is 32.0 Å². The van der Waals surface area contributed by atoms with E-state index in [1.165, 1.54) is 5.56 Å². The maximum Gasteiger partial charge on any atom is 0.230 e. The first-order valence-electron chi connectivity index (χ1n) is 8.41. The van der Waals surface area contributed by atoms with Gasteiger partial charge in [-0.3, -0.25) is 4.79 Å². The standard InChI is InChI=1S/C20H19BrN2O3S2/c1-25-16-7-8-17(18(10-16)26-2)23-19(24)9-15-12-28-20(22-15)27-11-13-3-5-14(21)6-4-13/h3-8,10,12H,9,11H2,1-2H3,(H,23,24). The highest BCUT2D eigenvalue weighted by molar-refractivity contribution is 9.10. The number of methoxy groups -OCH3 is 2. The summed E-state index contributed by atoms with van der Waals surface area (Å²) in [6.45, 7) is 0. The summed E-state index contributed by atoms with van der Waals surface area (Å²) in [5, 5.41) is 4.79. The summed E-state index contributed by atoms with van der Waals surface area (Å²) in [4.78, 5) is 16.9. The van der Waals surface area contributed by atoms with Crippen molar-refractivity contribution in [3.63, 3.8) is 0 Å². The van der Waals surface area contributed by atoms with E-state index >= 15 is 0 Å². The Bertz CT molecular complexity index is 945. The fourth-order valence-electron chi connectivity index (χ4n) is 2.42. The number of carbonyl (C=O) groups excluding carboxylic acids is 1. The number of anilines is 1. The predicted molar refractivity (Wildman–Crippen MR) is 118 cm³/mol. The van der Waals surface area contributed by atoms with Crippen molar-refractivity contribution in [2.24, 2.45) is 0 Å². The minimum atomic E-state index is -0.141. The molecule has 0 spiro atoms. The largest absolute Gasteiger partial charge is 0.497 e. The van der Waals surface area contributed by atoms with Crippen LogP contribution >= 0.6 is 39.0 Å². The minimum absolute atomic E-state index is 0.141. The number of halogens is 1. The number of hydrogen-bond acceptors (Lipinski definition) is 6. The number of nitrogens with zero attached hydrogens (tertiary/aromatic N) is 1. The van der Waals surface area contributed by atoms with Crippen LogP contribution in [0.2, 0.25) is 0 Å². The van der Waals surface area contributed by atoms with E-state index in [0.29, 0.717) is 17.2 Å². The molecule has 2 aromatic carbocycles. The second-order valence-electron chi connectivity index (χ2n) is 5.81. The van der Waals surface area contributed by atoms with Crippen molar-refractivity contribution in [2.75, 3.05) is 19.5 Å². The number of rotatable bonds is 8. The number of thiazole rings is 1. The van der Waals surface area contributed by atoms with Crippen LogP contribution in [0.3, 0.4) is 0 Å². The van der Waals surface area contributed by atoms with Crippen LogP contribution in [0.1, 0.15) is 11.3 Å². The van der Waals surface area contributed by atoms with Gasteiger partial charge in [0.1, 0.15) is 15.8 Å². The first kappa shape index (κ1) is 20.7. The molecule has 0 aliphatic carbocycles. The average molecular weight is 479 g/mol. The van der Waals surface area contributed by atoms with Crippen molar-refractivity contribution in [1.29, 1.82) is 0 Å². The molecule has 146 valence electrons. The molecule has 8 heteroatoms. The van der Waals surface area contributed by atoms with Gasteiger partial charge < -0.3 is 14.8 Å². The lowest BCUT2D eigenvalue weighted by molar-refractivity contribution is -0.115. The van der Waals surface area contributed by atoms with Crippen LogP contribution in [0.4, 0.5) is 5.69 Å². The van der Waals surface area contributed by atoms with Gasteiger partial charge in [-0.2, -0.15) is 0 Å². The van der Waals surface area contributed by atoms with Crippen LogP contribution in [-0.2, 0) is 17.0 Å².